The zero-order valence-corrected chi connectivity index (χ0v) is 14.9. The molecule has 0 bridgehead atoms. The van der Waals surface area contributed by atoms with Crippen LogP contribution in [0.25, 0.3) is 0 Å². The van der Waals surface area contributed by atoms with Crippen molar-refractivity contribution >= 4 is 50.9 Å². The summed E-state index contributed by atoms with van der Waals surface area (Å²) in [4.78, 5) is 45.4. The molecule has 2 N–H and O–H groups in total. The lowest BCUT2D eigenvalue weighted by Crippen LogP contribution is -2.23. The first-order chi connectivity index (χ1) is 11.1. The van der Waals surface area contributed by atoms with Crippen molar-refractivity contribution in [2.24, 2.45) is 0 Å². The van der Waals surface area contributed by atoms with Crippen LogP contribution in [0.5, 0.6) is 0 Å². The highest BCUT2D eigenvalue weighted by molar-refractivity contribution is 7.21. The maximum absolute atomic E-state index is 12.7. The van der Waals surface area contributed by atoms with Crippen LogP contribution in [0.1, 0.15) is 25.9 Å². The molecule has 0 saturated carbocycles. The van der Waals surface area contributed by atoms with E-state index >= 15 is 0 Å². The third-order valence-corrected chi connectivity index (χ3v) is 5.60. The monoisotopic (exact) mass is 370 g/mol. The molecule has 2 aromatic rings. The maximum Gasteiger partial charge on any atom is 0.413 e. The van der Waals surface area contributed by atoms with Gasteiger partial charge in [-0.25, -0.2) is 19.6 Å². The number of thiazole rings is 2. The first-order valence-corrected chi connectivity index (χ1v) is 8.19. The van der Waals surface area contributed by atoms with Crippen molar-refractivity contribution in [3.8, 4) is 0 Å². The molecule has 0 atom stereocenters. The summed E-state index contributed by atoms with van der Waals surface area (Å²) in [5.41, 5.74) is 0.822. The highest BCUT2D eigenvalue weighted by Crippen LogP contribution is 2.32. The fourth-order valence-electron chi connectivity index (χ4n) is 1.74. The molecule has 0 spiro atoms. The number of hydrogen-bond donors (Lipinski definition) is 2. The molecule has 0 radical (unpaired) electrons. The van der Waals surface area contributed by atoms with Crippen molar-refractivity contribution in [1.29, 1.82) is 0 Å². The second-order valence-electron chi connectivity index (χ2n) is 4.83. The molecule has 0 aliphatic rings. The van der Waals surface area contributed by atoms with Gasteiger partial charge in [0.25, 0.3) is 0 Å². The average Bonchev–Trinajstić information content (AvgIpc) is 3.08. The molecule has 11 heteroatoms. The number of ketones is 1. The Morgan fingerprint density at radius 1 is 0.833 bits per heavy atom. The Bertz CT molecular complexity index is 762. The highest BCUT2D eigenvalue weighted by atomic mass is 32.1. The molecule has 0 aliphatic carbocycles. The molecule has 9 nitrogen and oxygen atoms in total. The molecule has 0 unspecified atom stereocenters. The van der Waals surface area contributed by atoms with Gasteiger partial charge < -0.3 is 10.2 Å². The Kier molecular flexibility index (Phi) is 4.85. The summed E-state index contributed by atoms with van der Waals surface area (Å²) in [7, 11) is 2.68. The minimum Gasteiger partial charge on any atom is -0.465 e. The number of rotatable bonds is 4. The second-order valence-corrected chi connectivity index (χ2v) is 6.79. The van der Waals surface area contributed by atoms with Gasteiger partial charge in [-0.2, -0.15) is 0 Å². The van der Waals surface area contributed by atoms with E-state index in [4.69, 9.17) is 10.2 Å². The van der Waals surface area contributed by atoms with Crippen LogP contribution in [0, 0.1) is 13.8 Å². The number of nitrogens with zero attached hydrogens (tertiary/aromatic N) is 4. The lowest BCUT2D eigenvalue weighted by molar-refractivity contribution is 0.104. The van der Waals surface area contributed by atoms with Crippen molar-refractivity contribution in [3.05, 3.63) is 21.1 Å². The van der Waals surface area contributed by atoms with Crippen molar-refractivity contribution in [2.45, 2.75) is 13.8 Å². The summed E-state index contributed by atoms with van der Waals surface area (Å²) in [6, 6.07) is 0. The number of carboxylic acid groups (broad SMARTS) is 2. The van der Waals surface area contributed by atoms with E-state index in [1.807, 2.05) is 0 Å². The molecule has 2 heterocycles. The molecule has 0 aromatic carbocycles. The molecular weight excluding hydrogens is 356 g/mol. The number of carbonyl (C=O) groups excluding carboxylic acids is 1. The standard InChI is InChI=1S/C13H14N4O5S2/c1-5-8(23-10(14-5)16(3)12(19)20)7(18)9-6(2)15-11(24-9)17(4)13(21)22/h1-4H3,(H,19,20)(H,21,22). The predicted molar refractivity (Wildman–Crippen MR) is 90.0 cm³/mol. The Morgan fingerprint density at radius 3 is 1.46 bits per heavy atom. The van der Waals surface area contributed by atoms with Crippen molar-refractivity contribution in [1.82, 2.24) is 9.97 Å². The van der Waals surface area contributed by atoms with E-state index in [1.54, 1.807) is 13.8 Å². The van der Waals surface area contributed by atoms with Gasteiger partial charge in [0.2, 0.25) is 5.78 Å². The van der Waals surface area contributed by atoms with Crippen LogP contribution in [0.15, 0.2) is 0 Å². The van der Waals surface area contributed by atoms with Gasteiger partial charge in [-0.15, -0.1) is 0 Å². The Hall–Kier alpha value is -2.53. The van der Waals surface area contributed by atoms with Crippen LogP contribution < -0.4 is 9.80 Å². The average molecular weight is 370 g/mol. The zero-order valence-electron chi connectivity index (χ0n) is 13.2. The molecule has 0 saturated heterocycles. The summed E-state index contributed by atoms with van der Waals surface area (Å²) < 4.78 is 0. The van der Waals surface area contributed by atoms with Crippen LogP contribution in [0.3, 0.4) is 0 Å². The predicted octanol–water partition coefficient (Wildman–Crippen LogP) is 2.68. The van der Waals surface area contributed by atoms with E-state index in [0.29, 0.717) is 21.1 Å². The Balaban J connectivity index is 2.39. The minimum absolute atomic E-state index is 0.188. The smallest absolute Gasteiger partial charge is 0.413 e. The third-order valence-electron chi connectivity index (χ3n) is 3.13. The fourth-order valence-corrected chi connectivity index (χ4v) is 3.74. The molecule has 2 amide bonds. The number of anilines is 2. The first-order valence-electron chi connectivity index (χ1n) is 6.56. The lowest BCUT2D eigenvalue weighted by Gasteiger charge is -2.07. The van der Waals surface area contributed by atoms with Crippen LogP contribution in [0.4, 0.5) is 19.9 Å². The van der Waals surface area contributed by atoms with Crippen molar-refractivity contribution in [3.63, 3.8) is 0 Å². The quantitative estimate of drug-likeness (QED) is 0.793. The van der Waals surface area contributed by atoms with Crippen molar-refractivity contribution < 1.29 is 24.6 Å². The van der Waals surface area contributed by atoms with Gasteiger partial charge in [0.05, 0.1) is 11.4 Å². The van der Waals surface area contributed by atoms with E-state index in [2.05, 4.69) is 9.97 Å². The summed E-state index contributed by atoms with van der Waals surface area (Å²) in [5, 5.41) is 18.4. The second kappa shape index (κ2) is 6.53. The molecule has 24 heavy (non-hydrogen) atoms. The summed E-state index contributed by atoms with van der Waals surface area (Å²) in [5.74, 6) is -0.352. The number of carbonyl (C=O) groups is 3. The molecule has 2 rings (SSSR count). The van der Waals surface area contributed by atoms with Crippen LogP contribution in [0.2, 0.25) is 0 Å². The van der Waals surface area contributed by atoms with E-state index < -0.39 is 12.2 Å². The SMILES string of the molecule is Cc1nc(N(C)C(=O)O)sc1C(=O)c1sc(N(C)C(=O)O)nc1C. The van der Waals surface area contributed by atoms with Crippen molar-refractivity contribution in [2.75, 3.05) is 23.9 Å². The summed E-state index contributed by atoms with van der Waals surface area (Å²) >= 11 is 1.93. The number of amides is 2. The van der Waals surface area contributed by atoms with Gasteiger partial charge in [0, 0.05) is 14.1 Å². The highest BCUT2D eigenvalue weighted by Gasteiger charge is 2.25. The molecule has 2 aromatic heterocycles. The van der Waals surface area contributed by atoms with E-state index in [-0.39, 0.29) is 16.0 Å². The number of hydrogen-bond acceptors (Lipinski definition) is 7. The van der Waals surface area contributed by atoms with Crippen LogP contribution >= 0.6 is 22.7 Å². The Morgan fingerprint density at radius 2 is 1.17 bits per heavy atom. The van der Waals surface area contributed by atoms with Gasteiger partial charge in [-0.05, 0) is 13.8 Å². The number of aromatic nitrogens is 2. The van der Waals surface area contributed by atoms with Crippen LogP contribution in [-0.2, 0) is 0 Å². The van der Waals surface area contributed by atoms with Gasteiger partial charge in [0.1, 0.15) is 9.75 Å². The van der Waals surface area contributed by atoms with Gasteiger partial charge in [0.15, 0.2) is 10.3 Å². The molecule has 0 fully saturated rings. The largest absolute Gasteiger partial charge is 0.465 e. The maximum atomic E-state index is 12.7. The molecule has 128 valence electrons. The third kappa shape index (κ3) is 3.21. The van der Waals surface area contributed by atoms with Crippen LogP contribution in [-0.4, -0.2) is 52.2 Å². The molecule has 0 aliphatic heterocycles. The summed E-state index contributed by atoms with van der Waals surface area (Å²) in [6.07, 6.45) is -2.36. The zero-order chi connectivity index (χ0) is 18.2. The van der Waals surface area contributed by atoms with E-state index in [9.17, 15) is 14.4 Å². The minimum atomic E-state index is -1.18. The first kappa shape index (κ1) is 17.8. The molecular formula is C13H14N4O5S2. The number of aryl methyl sites for hydroxylation is 2. The summed E-state index contributed by atoms with van der Waals surface area (Å²) in [6.45, 7) is 3.23. The van der Waals surface area contributed by atoms with Gasteiger partial charge >= 0.3 is 12.2 Å². The normalized spacial score (nSPS) is 10.5. The van der Waals surface area contributed by atoms with E-state index in [0.717, 1.165) is 32.5 Å². The topological polar surface area (TPSA) is 124 Å². The van der Waals surface area contributed by atoms with E-state index in [1.165, 1.54) is 14.1 Å². The fraction of sp³-hybridized carbons (Fsp3) is 0.308. The lowest BCUT2D eigenvalue weighted by atomic mass is 10.2. The van der Waals surface area contributed by atoms with Gasteiger partial charge in [-0.1, -0.05) is 22.7 Å². The Labute approximate surface area is 144 Å². The van der Waals surface area contributed by atoms with Gasteiger partial charge in [-0.3, -0.25) is 14.6 Å².